The van der Waals surface area contributed by atoms with Crippen LogP contribution in [0.1, 0.15) is 21.5 Å². The van der Waals surface area contributed by atoms with Gasteiger partial charge in [0.2, 0.25) is 0 Å². The van der Waals surface area contributed by atoms with Gasteiger partial charge < -0.3 is 14.6 Å². The van der Waals surface area contributed by atoms with E-state index in [0.29, 0.717) is 28.2 Å². The molecule has 0 atom stereocenters. The van der Waals surface area contributed by atoms with Crippen LogP contribution in [0.15, 0.2) is 40.9 Å². The summed E-state index contributed by atoms with van der Waals surface area (Å²) in [6.07, 6.45) is 0. The molecule has 0 aromatic heterocycles. The van der Waals surface area contributed by atoms with Crippen LogP contribution in [0.25, 0.3) is 11.3 Å². The maximum absolute atomic E-state index is 12.6. The summed E-state index contributed by atoms with van der Waals surface area (Å²) in [4.78, 5) is 12.6. The molecule has 3 rings (SSSR count). The van der Waals surface area contributed by atoms with E-state index in [2.05, 4.69) is 15.9 Å². The first kappa shape index (κ1) is 14.7. The number of carbonyl (C=O) groups is 1. The Labute approximate surface area is 136 Å². The number of ketones is 1. The molecule has 22 heavy (non-hydrogen) atoms. The van der Waals surface area contributed by atoms with Crippen LogP contribution in [-0.4, -0.2) is 25.1 Å². The number of allylic oxidation sites excluding steroid dienone is 1. The van der Waals surface area contributed by atoms with Gasteiger partial charge in [0.1, 0.15) is 5.76 Å². The van der Waals surface area contributed by atoms with Crippen molar-refractivity contribution in [3.8, 4) is 11.5 Å². The molecule has 5 heteroatoms. The van der Waals surface area contributed by atoms with Crippen molar-refractivity contribution >= 4 is 33.0 Å². The Hall–Kier alpha value is -2.27. The lowest BCUT2D eigenvalue weighted by Crippen LogP contribution is -2.00. The molecule has 0 amide bonds. The van der Waals surface area contributed by atoms with Crippen molar-refractivity contribution in [3.63, 3.8) is 0 Å². The van der Waals surface area contributed by atoms with Gasteiger partial charge in [-0.25, -0.2) is 0 Å². The fourth-order valence-electron chi connectivity index (χ4n) is 2.52. The lowest BCUT2D eigenvalue weighted by atomic mass is 10.0. The van der Waals surface area contributed by atoms with Crippen LogP contribution >= 0.6 is 15.9 Å². The maximum atomic E-state index is 12.6. The standard InChI is InChI=1S/C17H13BrO4/c1-21-13-7-11-12(8-14(13)22-2)17(20)15(16(11)19)9-3-5-10(18)6-4-9/h3-8,19H,1-2H3. The minimum absolute atomic E-state index is 0.0386. The van der Waals surface area contributed by atoms with Gasteiger partial charge in [-0.3, -0.25) is 4.79 Å². The Morgan fingerprint density at radius 2 is 1.50 bits per heavy atom. The first-order valence-electron chi connectivity index (χ1n) is 6.57. The Balaban J connectivity index is 2.17. The molecule has 2 aromatic rings. The SMILES string of the molecule is COc1cc2c(cc1OC)C(O)=C(c1ccc(Br)cc1)C2=O. The van der Waals surface area contributed by atoms with Crippen LogP contribution in [0.2, 0.25) is 0 Å². The summed E-state index contributed by atoms with van der Waals surface area (Å²) in [5.41, 5.74) is 1.83. The highest BCUT2D eigenvalue weighted by Crippen LogP contribution is 2.42. The number of halogens is 1. The van der Waals surface area contributed by atoms with E-state index in [0.717, 1.165) is 4.47 Å². The molecule has 0 saturated carbocycles. The minimum Gasteiger partial charge on any atom is -0.506 e. The van der Waals surface area contributed by atoms with E-state index in [1.54, 1.807) is 24.3 Å². The number of hydrogen-bond donors (Lipinski definition) is 1. The zero-order chi connectivity index (χ0) is 15.9. The predicted octanol–water partition coefficient (Wildman–Crippen LogP) is 4.09. The molecule has 0 bridgehead atoms. The zero-order valence-electron chi connectivity index (χ0n) is 12.0. The normalized spacial score (nSPS) is 13.3. The van der Waals surface area contributed by atoms with E-state index in [9.17, 15) is 9.90 Å². The molecule has 2 aromatic carbocycles. The van der Waals surface area contributed by atoms with Crippen molar-refractivity contribution in [2.24, 2.45) is 0 Å². The van der Waals surface area contributed by atoms with Crippen LogP contribution in [0.5, 0.6) is 11.5 Å². The maximum Gasteiger partial charge on any atom is 0.198 e. The summed E-state index contributed by atoms with van der Waals surface area (Å²) in [7, 11) is 3.02. The summed E-state index contributed by atoms with van der Waals surface area (Å²) in [5.74, 6) is 0.663. The minimum atomic E-state index is -0.226. The van der Waals surface area contributed by atoms with Crippen molar-refractivity contribution in [1.82, 2.24) is 0 Å². The fourth-order valence-corrected chi connectivity index (χ4v) is 2.79. The number of methoxy groups -OCH3 is 2. The number of aliphatic hydroxyl groups is 1. The predicted molar refractivity (Wildman–Crippen MR) is 87.5 cm³/mol. The topological polar surface area (TPSA) is 55.8 Å². The van der Waals surface area contributed by atoms with E-state index in [1.807, 2.05) is 12.1 Å². The summed E-state index contributed by atoms with van der Waals surface area (Å²) < 4.78 is 11.3. The summed E-state index contributed by atoms with van der Waals surface area (Å²) in [5, 5.41) is 10.5. The summed E-state index contributed by atoms with van der Waals surface area (Å²) in [6.45, 7) is 0. The molecule has 0 fully saturated rings. The quantitative estimate of drug-likeness (QED) is 0.895. The lowest BCUT2D eigenvalue weighted by Gasteiger charge is -2.09. The van der Waals surface area contributed by atoms with E-state index >= 15 is 0 Å². The number of aliphatic hydroxyl groups excluding tert-OH is 1. The lowest BCUT2D eigenvalue weighted by molar-refractivity contribution is 0.105. The second kappa shape index (κ2) is 5.50. The molecular formula is C17H13BrO4. The van der Waals surface area contributed by atoms with Gasteiger partial charge in [-0.1, -0.05) is 28.1 Å². The number of hydrogen-bond acceptors (Lipinski definition) is 4. The molecule has 112 valence electrons. The number of rotatable bonds is 3. The first-order chi connectivity index (χ1) is 10.6. The molecule has 1 N–H and O–H groups in total. The molecule has 4 nitrogen and oxygen atoms in total. The van der Waals surface area contributed by atoms with Gasteiger partial charge >= 0.3 is 0 Å². The molecule has 1 aliphatic carbocycles. The third kappa shape index (κ3) is 2.18. The highest BCUT2D eigenvalue weighted by atomic mass is 79.9. The van der Waals surface area contributed by atoms with E-state index in [4.69, 9.17) is 9.47 Å². The number of Topliss-reactive ketones (excluding diaryl/α,β-unsaturated/α-hetero) is 1. The summed E-state index contributed by atoms with van der Waals surface area (Å²) in [6, 6.07) is 10.4. The molecular weight excluding hydrogens is 348 g/mol. The second-order valence-corrected chi connectivity index (χ2v) is 5.73. The number of carbonyl (C=O) groups excluding carboxylic acids is 1. The highest BCUT2D eigenvalue weighted by molar-refractivity contribution is 9.10. The average Bonchev–Trinajstić information content (AvgIpc) is 2.78. The van der Waals surface area contributed by atoms with E-state index < -0.39 is 0 Å². The summed E-state index contributed by atoms with van der Waals surface area (Å²) >= 11 is 3.35. The van der Waals surface area contributed by atoms with Crippen molar-refractivity contribution < 1.29 is 19.4 Å². The van der Waals surface area contributed by atoms with Crippen LogP contribution in [0.3, 0.4) is 0 Å². The van der Waals surface area contributed by atoms with Crippen LogP contribution in [0, 0.1) is 0 Å². The van der Waals surface area contributed by atoms with Crippen molar-refractivity contribution in [3.05, 3.63) is 57.6 Å². The smallest absolute Gasteiger partial charge is 0.198 e. The number of benzene rings is 2. The van der Waals surface area contributed by atoms with Gasteiger partial charge in [0.05, 0.1) is 19.8 Å². The van der Waals surface area contributed by atoms with Gasteiger partial charge in [0.25, 0.3) is 0 Å². The third-order valence-electron chi connectivity index (χ3n) is 3.62. The highest BCUT2D eigenvalue weighted by Gasteiger charge is 2.32. The molecule has 0 radical (unpaired) electrons. The van der Waals surface area contributed by atoms with Crippen molar-refractivity contribution in [2.45, 2.75) is 0 Å². The number of ether oxygens (including phenoxy) is 2. The van der Waals surface area contributed by atoms with E-state index in [1.165, 1.54) is 14.2 Å². The van der Waals surface area contributed by atoms with Gasteiger partial charge in [-0.15, -0.1) is 0 Å². The van der Waals surface area contributed by atoms with Crippen LogP contribution in [-0.2, 0) is 0 Å². The van der Waals surface area contributed by atoms with Crippen LogP contribution < -0.4 is 9.47 Å². The van der Waals surface area contributed by atoms with Gasteiger partial charge in [0.15, 0.2) is 17.3 Å². The largest absolute Gasteiger partial charge is 0.506 e. The molecule has 0 saturated heterocycles. The molecule has 1 aliphatic rings. The van der Waals surface area contributed by atoms with Gasteiger partial charge in [-0.2, -0.15) is 0 Å². The molecule has 0 heterocycles. The van der Waals surface area contributed by atoms with E-state index in [-0.39, 0.29) is 17.1 Å². The first-order valence-corrected chi connectivity index (χ1v) is 7.36. The molecule has 0 unspecified atom stereocenters. The third-order valence-corrected chi connectivity index (χ3v) is 4.15. The Bertz CT molecular complexity index is 791. The molecule has 0 aliphatic heterocycles. The van der Waals surface area contributed by atoms with Crippen molar-refractivity contribution in [1.29, 1.82) is 0 Å². The van der Waals surface area contributed by atoms with Crippen molar-refractivity contribution in [2.75, 3.05) is 14.2 Å². The van der Waals surface area contributed by atoms with Gasteiger partial charge in [0, 0.05) is 15.6 Å². The Morgan fingerprint density at radius 3 is 2.05 bits per heavy atom. The Kier molecular flexibility index (Phi) is 3.66. The monoisotopic (exact) mass is 360 g/mol. The fraction of sp³-hybridized carbons (Fsp3) is 0.118. The number of fused-ring (bicyclic) bond motifs is 1. The van der Waals surface area contributed by atoms with Gasteiger partial charge in [-0.05, 0) is 29.8 Å². The molecule has 0 spiro atoms. The van der Waals surface area contributed by atoms with Crippen LogP contribution in [0.4, 0.5) is 0 Å². The second-order valence-electron chi connectivity index (χ2n) is 4.81. The zero-order valence-corrected chi connectivity index (χ0v) is 13.6. The Morgan fingerprint density at radius 1 is 0.955 bits per heavy atom. The average molecular weight is 361 g/mol.